The first-order valence-electron chi connectivity index (χ1n) is 8.87. The van der Waals surface area contributed by atoms with Crippen molar-refractivity contribution in [2.75, 3.05) is 37.7 Å². The summed E-state index contributed by atoms with van der Waals surface area (Å²) in [6.45, 7) is 3.25. The van der Waals surface area contributed by atoms with Gasteiger partial charge in [0.25, 0.3) is 5.91 Å². The number of carbonyl (C=O) groups is 1. The van der Waals surface area contributed by atoms with E-state index in [-0.39, 0.29) is 5.91 Å². The number of hydrogen-bond acceptors (Lipinski definition) is 7. The maximum absolute atomic E-state index is 12.5. The number of aromatic nitrogens is 4. The van der Waals surface area contributed by atoms with E-state index in [1.54, 1.807) is 23.0 Å². The van der Waals surface area contributed by atoms with Gasteiger partial charge in [-0.15, -0.1) is 15.3 Å². The van der Waals surface area contributed by atoms with Crippen LogP contribution in [0.15, 0.2) is 36.7 Å². The fourth-order valence-electron chi connectivity index (χ4n) is 3.36. The van der Waals surface area contributed by atoms with Crippen LogP contribution in [0.3, 0.4) is 0 Å². The monoisotopic (exact) mass is 366 g/mol. The molecule has 0 spiro atoms. The molecular formula is C18H18N6O3. The van der Waals surface area contributed by atoms with Gasteiger partial charge in [0.2, 0.25) is 0 Å². The van der Waals surface area contributed by atoms with Crippen molar-refractivity contribution in [2.45, 2.75) is 0 Å². The molecule has 0 aliphatic carbocycles. The second-order valence-corrected chi connectivity index (χ2v) is 6.64. The summed E-state index contributed by atoms with van der Waals surface area (Å²) in [6, 6.07) is 9.21. The fourth-order valence-corrected chi connectivity index (χ4v) is 3.36. The minimum absolute atomic E-state index is 0.139. The molecule has 1 fully saturated rings. The topological polar surface area (TPSA) is 93.9 Å². The standard InChI is InChI=1S/C18H18N6O3/c25-18(13-2-1-3-14-17(13)27-7-6-26-14)19-8-12-9-23(10-12)16-5-4-15-21-20-11-24(15)22-16/h1-5,11-12H,6-10H2,(H,19,25). The van der Waals surface area contributed by atoms with Crippen molar-refractivity contribution in [3.8, 4) is 11.5 Å². The Morgan fingerprint density at radius 3 is 3.00 bits per heavy atom. The van der Waals surface area contributed by atoms with Crippen molar-refractivity contribution in [1.82, 2.24) is 25.1 Å². The van der Waals surface area contributed by atoms with Gasteiger partial charge in [0.15, 0.2) is 17.1 Å². The molecule has 2 aromatic heterocycles. The molecule has 0 atom stereocenters. The van der Waals surface area contributed by atoms with E-state index < -0.39 is 0 Å². The molecule has 9 heteroatoms. The van der Waals surface area contributed by atoms with Crippen molar-refractivity contribution >= 4 is 17.4 Å². The molecule has 1 saturated heterocycles. The molecule has 1 N–H and O–H groups in total. The van der Waals surface area contributed by atoms with Crippen LogP contribution in [0, 0.1) is 5.92 Å². The first-order chi connectivity index (χ1) is 13.3. The van der Waals surface area contributed by atoms with Crippen molar-refractivity contribution < 1.29 is 14.3 Å². The number of rotatable bonds is 4. The Morgan fingerprint density at radius 1 is 1.19 bits per heavy atom. The summed E-state index contributed by atoms with van der Waals surface area (Å²) in [5.74, 6) is 2.28. The van der Waals surface area contributed by atoms with Crippen LogP contribution in [0.25, 0.3) is 5.65 Å². The van der Waals surface area contributed by atoms with E-state index in [0.29, 0.717) is 42.7 Å². The highest BCUT2D eigenvalue weighted by atomic mass is 16.6. The Kier molecular flexibility index (Phi) is 3.77. The minimum Gasteiger partial charge on any atom is -0.486 e. The third-order valence-electron chi connectivity index (χ3n) is 4.79. The number of amides is 1. The lowest BCUT2D eigenvalue weighted by Crippen LogP contribution is -2.52. The zero-order valence-electron chi connectivity index (χ0n) is 14.5. The van der Waals surface area contributed by atoms with Crippen molar-refractivity contribution in [3.63, 3.8) is 0 Å². The maximum atomic E-state index is 12.5. The summed E-state index contributed by atoms with van der Waals surface area (Å²) in [5.41, 5.74) is 1.24. The summed E-state index contributed by atoms with van der Waals surface area (Å²) in [4.78, 5) is 14.7. The molecule has 5 rings (SSSR count). The quantitative estimate of drug-likeness (QED) is 0.729. The van der Waals surface area contributed by atoms with E-state index in [1.165, 1.54) is 0 Å². The number of anilines is 1. The van der Waals surface area contributed by atoms with Gasteiger partial charge in [0.1, 0.15) is 25.4 Å². The molecule has 138 valence electrons. The van der Waals surface area contributed by atoms with Crippen LogP contribution in [0.5, 0.6) is 11.5 Å². The van der Waals surface area contributed by atoms with Crippen LogP contribution in [0.2, 0.25) is 0 Å². The number of carbonyl (C=O) groups excluding carboxylic acids is 1. The second kappa shape index (κ2) is 6.42. The number of benzene rings is 1. The summed E-state index contributed by atoms with van der Waals surface area (Å²) >= 11 is 0. The first-order valence-corrected chi connectivity index (χ1v) is 8.87. The molecule has 3 aromatic rings. The molecule has 0 saturated carbocycles. The fraction of sp³-hybridized carbons (Fsp3) is 0.333. The lowest BCUT2D eigenvalue weighted by molar-refractivity contribution is 0.0933. The predicted molar refractivity (Wildman–Crippen MR) is 96.3 cm³/mol. The van der Waals surface area contributed by atoms with Gasteiger partial charge in [-0.2, -0.15) is 4.52 Å². The minimum atomic E-state index is -0.139. The Morgan fingerprint density at radius 2 is 2.07 bits per heavy atom. The maximum Gasteiger partial charge on any atom is 0.255 e. The normalized spacial score (nSPS) is 16.2. The smallest absolute Gasteiger partial charge is 0.255 e. The van der Waals surface area contributed by atoms with Crippen LogP contribution >= 0.6 is 0 Å². The van der Waals surface area contributed by atoms with E-state index in [0.717, 1.165) is 24.6 Å². The molecule has 2 aliphatic rings. The molecule has 27 heavy (non-hydrogen) atoms. The van der Waals surface area contributed by atoms with Gasteiger partial charge in [-0.25, -0.2) is 0 Å². The van der Waals surface area contributed by atoms with Crippen LogP contribution < -0.4 is 19.7 Å². The highest BCUT2D eigenvalue weighted by molar-refractivity contribution is 5.97. The number of fused-ring (bicyclic) bond motifs is 2. The molecule has 1 aromatic carbocycles. The molecular weight excluding hydrogens is 348 g/mol. The SMILES string of the molecule is O=C(NCC1CN(c2ccc3nncn3n2)C1)c1cccc2c1OCCO2. The largest absolute Gasteiger partial charge is 0.486 e. The molecule has 9 nitrogen and oxygen atoms in total. The van der Waals surface area contributed by atoms with E-state index in [4.69, 9.17) is 9.47 Å². The number of nitrogens with one attached hydrogen (secondary N) is 1. The van der Waals surface area contributed by atoms with Crippen LogP contribution in [-0.4, -0.2) is 58.6 Å². The van der Waals surface area contributed by atoms with Gasteiger partial charge in [0.05, 0.1) is 5.56 Å². The molecule has 0 radical (unpaired) electrons. The first kappa shape index (κ1) is 15.9. The van der Waals surface area contributed by atoms with Gasteiger partial charge in [-0.3, -0.25) is 4.79 Å². The lowest BCUT2D eigenvalue weighted by atomic mass is 10.00. The number of hydrogen-bond donors (Lipinski definition) is 1. The highest BCUT2D eigenvalue weighted by Crippen LogP contribution is 2.33. The van der Waals surface area contributed by atoms with Crippen LogP contribution in [-0.2, 0) is 0 Å². The summed E-state index contributed by atoms with van der Waals surface area (Å²) < 4.78 is 12.8. The van der Waals surface area contributed by atoms with Gasteiger partial charge in [0, 0.05) is 25.6 Å². The molecule has 4 heterocycles. The Hall–Kier alpha value is -3.36. The Labute approximate surface area is 154 Å². The van der Waals surface area contributed by atoms with E-state index in [1.807, 2.05) is 18.2 Å². The van der Waals surface area contributed by atoms with Gasteiger partial charge in [-0.1, -0.05) is 6.07 Å². The zero-order chi connectivity index (χ0) is 18.2. The van der Waals surface area contributed by atoms with Gasteiger partial charge < -0.3 is 19.7 Å². The van der Waals surface area contributed by atoms with Crippen LogP contribution in [0.4, 0.5) is 5.82 Å². The van der Waals surface area contributed by atoms with Crippen molar-refractivity contribution in [1.29, 1.82) is 0 Å². The summed E-state index contributed by atoms with van der Waals surface area (Å²) in [7, 11) is 0. The van der Waals surface area contributed by atoms with Crippen molar-refractivity contribution in [3.05, 3.63) is 42.2 Å². The van der Waals surface area contributed by atoms with E-state index >= 15 is 0 Å². The highest BCUT2D eigenvalue weighted by Gasteiger charge is 2.29. The molecule has 1 amide bonds. The third kappa shape index (κ3) is 2.90. The molecule has 2 aliphatic heterocycles. The number of nitrogens with zero attached hydrogens (tertiary/aromatic N) is 5. The number of ether oxygens (including phenoxy) is 2. The van der Waals surface area contributed by atoms with Crippen molar-refractivity contribution in [2.24, 2.45) is 5.92 Å². The number of para-hydroxylation sites is 1. The predicted octanol–water partition coefficient (Wildman–Crippen LogP) is 0.762. The van der Waals surface area contributed by atoms with Gasteiger partial charge >= 0.3 is 0 Å². The lowest BCUT2D eigenvalue weighted by Gasteiger charge is -2.40. The average molecular weight is 366 g/mol. The summed E-state index contributed by atoms with van der Waals surface area (Å²) in [6.07, 6.45) is 1.59. The van der Waals surface area contributed by atoms with E-state index in [2.05, 4.69) is 25.5 Å². The van der Waals surface area contributed by atoms with Gasteiger partial charge in [-0.05, 0) is 24.3 Å². The Balaban J connectivity index is 1.18. The van der Waals surface area contributed by atoms with Crippen LogP contribution in [0.1, 0.15) is 10.4 Å². The third-order valence-corrected chi connectivity index (χ3v) is 4.79. The molecule has 0 bridgehead atoms. The zero-order valence-corrected chi connectivity index (χ0v) is 14.5. The molecule has 0 unspecified atom stereocenters. The Bertz CT molecular complexity index is 998. The second-order valence-electron chi connectivity index (χ2n) is 6.64. The summed E-state index contributed by atoms with van der Waals surface area (Å²) in [5, 5.41) is 15.3. The van der Waals surface area contributed by atoms with E-state index in [9.17, 15) is 4.79 Å². The average Bonchev–Trinajstić information content (AvgIpc) is 3.14.